The largest absolute Gasteiger partial charge is 0.481 e. The number of nitrogens with one attached hydrogen (secondary N) is 5. The molecule has 5 amide bonds. The summed E-state index contributed by atoms with van der Waals surface area (Å²) in [6.07, 6.45) is 25.4. The van der Waals surface area contributed by atoms with E-state index in [2.05, 4.69) is 26.6 Å². The molecule has 31 nitrogen and oxygen atoms in total. The third-order valence-corrected chi connectivity index (χ3v) is 18.4. The Labute approximate surface area is 658 Å². The quantitative estimate of drug-likeness (QED) is 0.0257. The summed E-state index contributed by atoms with van der Waals surface area (Å²) in [4.78, 5) is 168. The van der Waals surface area contributed by atoms with Gasteiger partial charge in [-0.05, 0) is 84.0 Å². The molecule has 0 aliphatic rings. The second kappa shape index (κ2) is 74.7. The van der Waals surface area contributed by atoms with Gasteiger partial charge in [0, 0.05) is 115 Å². The van der Waals surface area contributed by atoms with Crippen molar-refractivity contribution in [2.24, 2.45) is 17.8 Å². The van der Waals surface area contributed by atoms with Crippen LogP contribution in [-0.4, -0.2) is 241 Å². The molecule has 0 spiro atoms. The van der Waals surface area contributed by atoms with Gasteiger partial charge in [-0.15, -0.1) is 0 Å². The fraction of sp³-hybridized carbons (Fsp3) is 0.825. The first-order valence-corrected chi connectivity index (χ1v) is 41.0. The van der Waals surface area contributed by atoms with Gasteiger partial charge in [0.1, 0.15) is 55.6 Å². The van der Waals surface area contributed by atoms with E-state index in [-0.39, 0.29) is 247 Å². The molecule has 0 aromatic carbocycles. The zero-order valence-electron chi connectivity index (χ0n) is 67.0. The van der Waals surface area contributed by atoms with Crippen molar-refractivity contribution >= 4 is 82.3 Å². The molecule has 0 radical (unpaired) electrons. The molecule has 0 bridgehead atoms. The van der Waals surface area contributed by atoms with E-state index >= 15 is 0 Å². The average molecular weight is 1590 g/mol. The lowest BCUT2D eigenvalue weighted by atomic mass is 9.87. The molecular weight excluding hydrogens is 1450 g/mol. The van der Waals surface area contributed by atoms with Gasteiger partial charge in [-0.2, -0.15) is 0 Å². The number of hydrogen-bond donors (Lipinski definition) is 9. The van der Waals surface area contributed by atoms with Crippen molar-refractivity contribution < 1.29 is 125 Å². The van der Waals surface area contributed by atoms with Crippen LogP contribution in [-0.2, 0) is 105 Å². The Bertz CT molecular complexity index is 2560. The van der Waals surface area contributed by atoms with Crippen molar-refractivity contribution in [2.75, 3.05) is 132 Å². The minimum atomic E-state index is -1.19. The number of amides is 5. The summed E-state index contributed by atoms with van der Waals surface area (Å²) in [7, 11) is 0. The zero-order chi connectivity index (χ0) is 82.0. The van der Waals surface area contributed by atoms with Crippen LogP contribution in [0, 0.1) is 17.8 Å². The molecule has 31 heteroatoms. The number of rotatable bonds is 85. The van der Waals surface area contributed by atoms with Crippen molar-refractivity contribution in [1.29, 1.82) is 0 Å². The number of carboxylic acids is 4. The molecule has 0 heterocycles. The van der Waals surface area contributed by atoms with Gasteiger partial charge in [0.2, 0.25) is 29.5 Å². The van der Waals surface area contributed by atoms with Crippen molar-refractivity contribution in [3.05, 3.63) is 0 Å². The maximum atomic E-state index is 13.0. The minimum Gasteiger partial charge on any atom is -0.481 e. The van der Waals surface area contributed by atoms with E-state index < -0.39 is 41.8 Å². The summed E-state index contributed by atoms with van der Waals surface area (Å²) in [6, 6.07) is -1.14. The average Bonchev–Trinajstić information content (AvgIpc) is 0.928. The molecule has 0 unspecified atom stereocenters. The van der Waals surface area contributed by atoms with E-state index in [0.29, 0.717) is 96.7 Å². The highest BCUT2D eigenvalue weighted by Crippen LogP contribution is 2.21. The fourth-order valence-corrected chi connectivity index (χ4v) is 11.7. The molecule has 640 valence electrons. The highest BCUT2D eigenvalue weighted by molar-refractivity contribution is 5.88. The van der Waals surface area contributed by atoms with Crippen molar-refractivity contribution in [3.63, 3.8) is 0 Å². The maximum Gasteiger partial charge on any atom is 0.326 e. The van der Waals surface area contributed by atoms with Gasteiger partial charge in [-0.3, -0.25) is 62.3 Å². The molecule has 111 heavy (non-hydrogen) atoms. The van der Waals surface area contributed by atoms with Crippen LogP contribution in [0.2, 0.25) is 0 Å². The number of ether oxygens (including phenoxy) is 8. The van der Waals surface area contributed by atoms with Gasteiger partial charge in [-0.25, -0.2) is 4.79 Å². The topological polar surface area (TPSA) is 454 Å². The SMILES string of the molecule is CC(=O)[C@H](CCCCNC(=O)COCCOCCCC(=O)COCCOCCNC(=O)CC[C@H](CC(=O)CCCCCCCCCCCCC(=O)O)C(=O)O)CC(=O)[C@@H](C)CCCCNC(=O)COCCOCCNC(=O)COCCOCCCC(=O)CC[C@H](NC(=O)CCCCCCCCCCCCC(=O)O)C(=O)O. The molecular formula is C80H139N5O26. The first-order valence-electron chi connectivity index (χ1n) is 41.0. The van der Waals surface area contributed by atoms with Crippen molar-refractivity contribution in [1.82, 2.24) is 26.6 Å². The van der Waals surface area contributed by atoms with E-state index in [1.807, 2.05) is 6.92 Å². The monoisotopic (exact) mass is 1590 g/mol. The summed E-state index contributed by atoms with van der Waals surface area (Å²) in [5.41, 5.74) is 0. The highest BCUT2D eigenvalue weighted by Gasteiger charge is 2.25. The molecule has 0 aliphatic heterocycles. The van der Waals surface area contributed by atoms with Crippen LogP contribution in [0.1, 0.15) is 271 Å². The standard InChI is InChI=1S/C80H139N5O26/c1-63(29-23-25-41-81-74(93)61-111-56-52-107-48-44-84-76(95)62-110-55-49-104-45-27-32-67(87)38-39-70(80(102)103)85-73(92)34-20-16-12-8-4-6-10-14-18-22-36-78(98)99)71(90)58-65(64(2)86)30-24-26-42-82-75(94)60-109-54-50-105-46-28-33-69(89)59-108-53-51-106-47-43-83-72(91)40-37-66(79(100)101)57-68(88)31-19-15-11-7-3-5-9-13-17-21-35-77(96)97/h63,65-66,70H,3-62H2,1-2H3,(H,81,93)(H,82,94)(H,83,91)(H,84,95)(H,85,92)(H,96,97)(H,98,99)(H,100,101)(H,102,103)/t63-,65+,66+,70-/m0/s1. The smallest absolute Gasteiger partial charge is 0.326 e. The van der Waals surface area contributed by atoms with Crippen molar-refractivity contribution in [2.45, 2.75) is 277 Å². The van der Waals surface area contributed by atoms with Gasteiger partial charge < -0.3 is 84.9 Å². The second-order valence-corrected chi connectivity index (χ2v) is 28.4. The van der Waals surface area contributed by atoms with Crippen molar-refractivity contribution in [3.8, 4) is 0 Å². The van der Waals surface area contributed by atoms with Crippen LogP contribution in [0.3, 0.4) is 0 Å². The predicted octanol–water partition coefficient (Wildman–Crippen LogP) is 8.75. The normalized spacial score (nSPS) is 12.3. The molecule has 0 aromatic heterocycles. The number of aliphatic carboxylic acids is 4. The van der Waals surface area contributed by atoms with Crippen LogP contribution < -0.4 is 26.6 Å². The van der Waals surface area contributed by atoms with Crippen LogP contribution in [0.4, 0.5) is 0 Å². The van der Waals surface area contributed by atoms with Crippen LogP contribution >= 0.6 is 0 Å². The van der Waals surface area contributed by atoms with Gasteiger partial charge in [0.25, 0.3) is 0 Å². The number of Topliss-reactive ketones (excluding diaryl/α,β-unsaturated/α-hetero) is 5. The Morgan fingerprint density at radius 1 is 0.279 bits per heavy atom. The molecule has 0 aliphatic carbocycles. The summed E-state index contributed by atoms with van der Waals surface area (Å²) < 4.78 is 43.4. The summed E-state index contributed by atoms with van der Waals surface area (Å²) in [6.45, 7) is 6.51. The third-order valence-electron chi connectivity index (χ3n) is 18.4. The Morgan fingerprint density at radius 2 is 0.658 bits per heavy atom. The van der Waals surface area contributed by atoms with Crippen LogP contribution in [0.5, 0.6) is 0 Å². The molecule has 0 saturated carbocycles. The van der Waals surface area contributed by atoms with Crippen LogP contribution in [0.25, 0.3) is 0 Å². The second-order valence-electron chi connectivity index (χ2n) is 28.4. The third kappa shape index (κ3) is 72.0. The summed E-state index contributed by atoms with van der Waals surface area (Å²) in [5, 5.41) is 50.0. The van der Waals surface area contributed by atoms with Gasteiger partial charge in [0.05, 0.1) is 72.0 Å². The highest BCUT2D eigenvalue weighted by atomic mass is 16.5. The lowest BCUT2D eigenvalue weighted by Crippen LogP contribution is -2.41. The number of hydrogen-bond acceptors (Lipinski definition) is 22. The van der Waals surface area contributed by atoms with Gasteiger partial charge in [-0.1, -0.05) is 122 Å². The Balaban J connectivity index is 3.83. The maximum absolute atomic E-state index is 13.0. The zero-order valence-corrected chi connectivity index (χ0v) is 67.0. The minimum absolute atomic E-state index is 0.00180. The number of carbonyl (C=O) groups excluding carboxylic acids is 10. The Hall–Kier alpha value is -6.74. The van der Waals surface area contributed by atoms with E-state index in [1.165, 1.54) is 6.92 Å². The molecule has 4 atom stereocenters. The van der Waals surface area contributed by atoms with E-state index in [9.17, 15) is 77.3 Å². The van der Waals surface area contributed by atoms with E-state index in [4.69, 9.17) is 48.1 Å². The lowest BCUT2D eigenvalue weighted by Gasteiger charge is -2.16. The van der Waals surface area contributed by atoms with Crippen LogP contribution in [0.15, 0.2) is 0 Å². The number of carbonyl (C=O) groups is 14. The fourth-order valence-electron chi connectivity index (χ4n) is 11.7. The molecule has 9 N–H and O–H groups in total. The van der Waals surface area contributed by atoms with Gasteiger partial charge >= 0.3 is 23.9 Å². The Morgan fingerprint density at radius 3 is 1.10 bits per heavy atom. The lowest BCUT2D eigenvalue weighted by molar-refractivity contribution is -0.144. The summed E-state index contributed by atoms with van der Waals surface area (Å²) >= 11 is 0. The number of unbranched alkanes of at least 4 members (excludes halogenated alkanes) is 20. The molecule has 0 saturated heterocycles. The Kier molecular flexibility index (Phi) is 70.1. The molecule has 0 fully saturated rings. The van der Waals surface area contributed by atoms with Gasteiger partial charge in [0.15, 0.2) is 5.78 Å². The number of ketones is 5. The molecule has 0 aromatic rings. The van der Waals surface area contributed by atoms with E-state index in [1.54, 1.807) is 0 Å². The number of carboxylic acid groups (broad SMARTS) is 4. The molecule has 0 rings (SSSR count). The first-order chi connectivity index (χ1) is 53.5. The van der Waals surface area contributed by atoms with E-state index in [0.717, 1.165) is 109 Å². The predicted molar refractivity (Wildman–Crippen MR) is 413 cm³/mol. The summed E-state index contributed by atoms with van der Waals surface area (Å²) in [5.74, 6) is -7.39. The first kappa shape index (κ1) is 104.